The SMILES string of the molecule is CCCOc1ccc2c(c1)[C@H](C1(c3ccc(Cl)cc3)CCC1)NCC2. The Bertz CT molecular complexity index is 736. The van der Waals surface area contributed by atoms with Gasteiger partial charge in [-0.15, -0.1) is 0 Å². The van der Waals surface area contributed by atoms with Crippen molar-refractivity contribution >= 4 is 11.6 Å². The zero-order valence-electron chi connectivity index (χ0n) is 14.9. The Morgan fingerprint density at radius 3 is 2.64 bits per heavy atom. The van der Waals surface area contributed by atoms with Crippen molar-refractivity contribution in [2.75, 3.05) is 13.2 Å². The van der Waals surface area contributed by atoms with Crippen molar-refractivity contribution in [1.82, 2.24) is 5.32 Å². The summed E-state index contributed by atoms with van der Waals surface area (Å²) >= 11 is 6.13. The van der Waals surface area contributed by atoms with E-state index in [-0.39, 0.29) is 5.41 Å². The molecule has 3 heteroatoms. The van der Waals surface area contributed by atoms with Crippen molar-refractivity contribution < 1.29 is 4.74 Å². The van der Waals surface area contributed by atoms with Gasteiger partial charge in [0.05, 0.1) is 6.61 Å². The van der Waals surface area contributed by atoms with Crippen LogP contribution >= 0.6 is 11.6 Å². The molecule has 1 fully saturated rings. The molecule has 2 aliphatic rings. The highest BCUT2D eigenvalue weighted by molar-refractivity contribution is 6.30. The van der Waals surface area contributed by atoms with Crippen LogP contribution in [0.3, 0.4) is 0 Å². The second-order valence-electron chi connectivity index (χ2n) is 7.36. The summed E-state index contributed by atoms with van der Waals surface area (Å²) in [4.78, 5) is 0. The van der Waals surface area contributed by atoms with E-state index in [0.29, 0.717) is 6.04 Å². The first-order valence-corrected chi connectivity index (χ1v) is 9.86. The molecule has 1 saturated carbocycles. The largest absolute Gasteiger partial charge is 0.494 e. The third-order valence-electron chi connectivity index (χ3n) is 5.86. The number of ether oxygens (including phenoxy) is 1. The molecule has 1 N–H and O–H groups in total. The molecule has 0 radical (unpaired) electrons. The van der Waals surface area contributed by atoms with Crippen molar-refractivity contribution in [3.8, 4) is 5.75 Å². The van der Waals surface area contributed by atoms with Gasteiger partial charge in [0.1, 0.15) is 5.75 Å². The quantitative estimate of drug-likeness (QED) is 0.771. The fourth-order valence-electron chi connectivity index (χ4n) is 4.42. The predicted octanol–water partition coefficient (Wildman–Crippen LogP) is 5.44. The lowest BCUT2D eigenvalue weighted by molar-refractivity contribution is 0.164. The van der Waals surface area contributed by atoms with E-state index in [2.05, 4.69) is 42.6 Å². The number of rotatable bonds is 5. The first kappa shape index (κ1) is 16.9. The summed E-state index contributed by atoms with van der Waals surface area (Å²) in [7, 11) is 0. The zero-order valence-corrected chi connectivity index (χ0v) is 15.6. The molecule has 25 heavy (non-hydrogen) atoms. The molecule has 0 bridgehead atoms. The Morgan fingerprint density at radius 2 is 1.96 bits per heavy atom. The molecule has 1 aliphatic carbocycles. The molecule has 2 nitrogen and oxygen atoms in total. The highest BCUT2D eigenvalue weighted by Crippen LogP contribution is 2.53. The lowest BCUT2D eigenvalue weighted by Crippen LogP contribution is -2.49. The summed E-state index contributed by atoms with van der Waals surface area (Å²) < 4.78 is 5.91. The standard InChI is InChI=1S/C22H26ClNO/c1-2-14-25-19-9-4-16-10-13-24-21(20(16)15-19)22(11-3-12-22)17-5-7-18(23)8-6-17/h4-9,15,21,24H,2-3,10-14H2,1H3/t21-/m1/s1. The van der Waals surface area contributed by atoms with E-state index < -0.39 is 0 Å². The topological polar surface area (TPSA) is 21.3 Å². The van der Waals surface area contributed by atoms with Gasteiger partial charge in [0.2, 0.25) is 0 Å². The summed E-state index contributed by atoms with van der Waals surface area (Å²) in [5.41, 5.74) is 4.49. The first-order chi connectivity index (χ1) is 12.2. The molecule has 2 aromatic carbocycles. The summed E-state index contributed by atoms with van der Waals surface area (Å²) in [6, 6.07) is 15.5. The third kappa shape index (κ3) is 3.07. The van der Waals surface area contributed by atoms with Crippen molar-refractivity contribution in [3.05, 3.63) is 64.2 Å². The Hall–Kier alpha value is -1.51. The molecule has 1 aliphatic heterocycles. The van der Waals surface area contributed by atoms with Gasteiger partial charge >= 0.3 is 0 Å². The summed E-state index contributed by atoms with van der Waals surface area (Å²) in [5, 5.41) is 4.64. The normalized spacial score (nSPS) is 21.3. The third-order valence-corrected chi connectivity index (χ3v) is 6.11. The number of halogens is 1. The van der Waals surface area contributed by atoms with Gasteiger partial charge < -0.3 is 10.1 Å². The summed E-state index contributed by atoms with van der Waals surface area (Å²) in [5.74, 6) is 1.000. The second-order valence-corrected chi connectivity index (χ2v) is 7.80. The van der Waals surface area contributed by atoms with E-state index in [1.807, 2.05) is 12.1 Å². The van der Waals surface area contributed by atoms with Crippen LogP contribution in [0.25, 0.3) is 0 Å². The van der Waals surface area contributed by atoms with Crippen LogP contribution in [0.1, 0.15) is 55.3 Å². The fraction of sp³-hybridized carbons (Fsp3) is 0.455. The molecule has 1 heterocycles. The Kier molecular flexibility index (Phi) is 4.75. The Morgan fingerprint density at radius 1 is 1.16 bits per heavy atom. The van der Waals surface area contributed by atoms with E-state index in [0.717, 1.165) is 36.8 Å². The van der Waals surface area contributed by atoms with Crippen LogP contribution in [0.15, 0.2) is 42.5 Å². The molecule has 1 atom stereocenters. The molecule has 0 aromatic heterocycles. The van der Waals surface area contributed by atoms with Gasteiger partial charge in [-0.3, -0.25) is 0 Å². The van der Waals surface area contributed by atoms with E-state index in [9.17, 15) is 0 Å². The van der Waals surface area contributed by atoms with Crippen LogP contribution < -0.4 is 10.1 Å². The van der Waals surface area contributed by atoms with Gasteiger partial charge in [0, 0.05) is 16.5 Å². The number of fused-ring (bicyclic) bond motifs is 1. The van der Waals surface area contributed by atoms with Crippen LogP contribution in [0.2, 0.25) is 5.02 Å². The minimum absolute atomic E-state index is 0.184. The van der Waals surface area contributed by atoms with Crippen LogP contribution in [0, 0.1) is 0 Å². The molecule has 2 aromatic rings. The average Bonchev–Trinajstić information content (AvgIpc) is 2.61. The molecule has 4 rings (SSSR count). The molecule has 0 saturated heterocycles. The minimum atomic E-state index is 0.184. The number of nitrogens with one attached hydrogen (secondary N) is 1. The van der Waals surface area contributed by atoms with Crippen LogP contribution in [0.5, 0.6) is 5.75 Å². The molecule has 0 unspecified atom stereocenters. The maximum absolute atomic E-state index is 6.13. The number of hydrogen-bond donors (Lipinski definition) is 1. The molecule has 0 spiro atoms. The molecular formula is C22H26ClNO. The van der Waals surface area contributed by atoms with E-state index in [1.165, 1.54) is 36.0 Å². The van der Waals surface area contributed by atoms with Crippen molar-refractivity contribution in [1.29, 1.82) is 0 Å². The predicted molar refractivity (Wildman–Crippen MR) is 104 cm³/mol. The van der Waals surface area contributed by atoms with Crippen molar-refractivity contribution in [2.45, 2.75) is 50.5 Å². The number of hydrogen-bond acceptors (Lipinski definition) is 2. The maximum atomic E-state index is 6.13. The van der Waals surface area contributed by atoms with Crippen LogP contribution in [-0.2, 0) is 11.8 Å². The highest BCUT2D eigenvalue weighted by Gasteiger charge is 2.47. The Labute approximate surface area is 155 Å². The average molecular weight is 356 g/mol. The smallest absolute Gasteiger partial charge is 0.119 e. The fourth-order valence-corrected chi connectivity index (χ4v) is 4.54. The number of benzene rings is 2. The van der Waals surface area contributed by atoms with Crippen LogP contribution in [0.4, 0.5) is 0 Å². The summed E-state index contributed by atoms with van der Waals surface area (Å²) in [6.45, 7) is 3.97. The lowest BCUT2D eigenvalue weighted by Gasteiger charge is -2.50. The van der Waals surface area contributed by atoms with E-state index in [1.54, 1.807) is 0 Å². The van der Waals surface area contributed by atoms with E-state index >= 15 is 0 Å². The maximum Gasteiger partial charge on any atom is 0.119 e. The molecular weight excluding hydrogens is 330 g/mol. The lowest BCUT2D eigenvalue weighted by atomic mass is 9.58. The van der Waals surface area contributed by atoms with Gasteiger partial charge in [-0.25, -0.2) is 0 Å². The highest BCUT2D eigenvalue weighted by atomic mass is 35.5. The monoisotopic (exact) mass is 355 g/mol. The van der Waals surface area contributed by atoms with Crippen molar-refractivity contribution in [2.24, 2.45) is 0 Å². The van der Waals surface area contributed by atoms with Gasteiger partial charge in [0.25, 0.3) is 0 Å². The van der Waals surface area contributed by atoms with Gasteiger partial charge in [-0.05, 0) is 73.2 Å². The van der Waals surface area contributed by atoms with Gasteiger partial charge in [-0.2, -0.15) is 0 Å². The minimum Gasteiger partial charge on any atom is -0.494 e. The van der Waals surface area contributed by atoms with E-state index in [4.69, 9.17) is 16.3 Å². The van der Waals surface area contributed by atoms with Gasteiger partial charge in [0.15, 0.2) is 0 Å². The zero-order chi connectivity index (χ0) is 17.3. The first-order valence-electron chi connectivity index (χ1n) is 9.48. The summed E-state index contributed by atoms with van der Waals surface area (Å²) in [6.07, 6.45) is 5.88. The molecule has 0 amide bonds. The van der Waals surface area contributed by atoms with Crippen LogP contribution in [-0.4, -0.2) is 13.2 Å². The molecule has 132 valence electrons. The van der Waals surface area contributed by atoms with Crippen molar-refractivity contribution in [3.63, 3.8) is 0 Å². The van der Waals surface area contributed by atoms with Gasteiger partial charge in [-0.1, -0.05) is 43.1 Å². The Balaban J connectivity index is 1.72. The second kappa shape index (κ2) is 7.01.